The SMILES string of the molecule is Cl.NCCN=C1NC(=O)NC(=O)C1Cl. The topological polar surface area (TPSA) is 96.6 Å². The molecule has 0 spiro atoms. The van der Waals surface area contributed by atoms with E-state index >= 15 is 0 Å². The summed E-state index contributed by atoms with van der Waals surface area (Å²) in [5.74, 6) is -0.415. The molecule has 6 nitrogen and oxygen atoms in total. The van der Waals surface area contributed by atoms with Gasteiger partial charge in [-0.15, -0.1) is 24.0 Å². The van der Waals surface area contributed by atoms with Gasteiger partial charge in [0.1, 0.15) is 5.84 Å². The third kappa shape index (κ3) is 3.13. The monoisotopic (exact) mass is 240 g/mol. The molecule has 0 saturated carbocycles. The number of halogens is 2. The Balaban J connectivity index is 0.00000169. The second-order valence-corrected chi connectivity index (χ2v) is 2.80. The van der Waals surface area contributed by atoms with Crippen LogP contribution in [0, 0.1) is 0 Å². The molecule has 0 bridgehead atoms. The van der Waals surface area contributed by atoms with Gasteiger partial charge in [0.2, 0.25) is 0 Å². The Kier molecular flexibility index (Phi) is 5.44. The van der Waals surface area contributed by atoms with Crippen LogP contribution in [0.4, 0.5) is 4.79 Å². The van der Waals surface area contributed by atoms with E-state index in [-0.39, 0.29) is 18.2 Å². The van der Waals surface area contributed by atoms with E-state index in [2.05, 4.69) is 10.3 Å². The molecule has 1 saturated heterocycles. The number of urea groups is 1. The largest absolute Gasteiger partial charge is 0.329 e. The maximum Gasteiger partial charge on any atom is 0.326 e. The van der Waals surface area contributed by atoms with Crippen LogP contribution >= 0.6 is 24.0 Å². The summed E-state index contributed by atoms with van der Waals surface area (Å²) in [7, 11) is 0. The second kappa shape index (κ2) is 5.79. The number of aliphatic imine (C=N–C) groups is 1. The Hall–Kier alpha value is -0.850. The number of carbonyl (C=O) groups is 2. The molecule has 80 valence electrons. The number of rotatable bonds is 2. The van der Waals surface area contributed by atoms with Gasteiger partial charge >= 0.3 is 6.03 Å². The van der Waals surface area contributed by atoms with Gasteiger partial charge in [-0.25, -0.2) is 4.79 Å². The highest BCUT2D eigenvalue weighted by Gasteiger charge is 2.29. The van der Waals surface area contributed by atoms with Gasteiger partial charge in [0.15, 0.2) is 5.38 Å². The first-order valence-corrected chi connectivity index (χ1v) is 4.09. The number of amides is 3. The van der Waals surface area contributed by atoms with Gasteiger partial charge in [-0.3, -0.25) is 20.4 Å². The van der Waals surface area contributed by atoms with Crippen molar-refractivity contribution in [1.29, 1.82) is 0 Å². The van der Waals surface area contributed by atoms with E-state index in [0.29, 0.717) is 13.1 Å². The predicted octanol–water partition coefficient (Wildman–Crippen LogP) is -0.788. The summed E-state index contributed by atoms with van der Waals surface area (Å²) < 4.78 is 0. The zero-order valence-electron chi connectivity index (χ0n) is 7.12. The van der Waals surface area contributed by atoms with Gasteiger partial charge < -0.3 is 5.73 Å². The van der Waals surface area contributed by atoms with Crippen molar-refractivity contribution in [3.63, 3.8) is 0 Å². The number of hydrogen-bond acceptors (Lipinski definition) is 4. The Labute approximate surface area is 91.7 Å². The fourth-order valence-electron chi connectivity index (χ4n) is 0.815. The lowest BCUT2D eigenvalue weighted by Gasteiger charge is -2.19. The van der Waals surface area contributed by atoms with E-state index in [0.717, 1.165) is 0 Å². The highest BCUT2D eigenvalue weighted by molar-refractivity contribution is 6.45. The molecule has 3 amide bonds. The van der Waals surface area contributed by atoms with Crippen LogP contribution in [-0.2, 0) is 4.79 Å². The number of nitrogens with zero attached hydrogens (tertiary/aromatic N) is 1. The quantitative estimate of drug-likeness (QED) is 0.553. The number of hydrogen-bond donors (Lipinski definition) is 3. The molecule has 1 unspecified atom stereocenters. The molecule has 8 heteroatoms. The van der Waals surface area contributed by atoms with Crippen LogP contribution in [0.5, 0.6) is 0 Å². The van der Waals surface area contributed by atoms with Crippen molar-refractivity contribution >= 4 is 41.8 Å². The fourth-order valence-corrected chi connectivity index (χ4v) is 0.993. The lowest BCUT2D eigenvalue weighted by molar-refractivity contribution is -0.118. The smallest absolute Gasteiger partial charge is 0.326 e. The van der Waals surface area contributed by atoms with E-state index in [1.54, 1.807) is 0 Å². The van der Waals surface area contributed by atoms with E-state index < -0.39 is 17.3 Å². The van der Waals surface area contributed by atoms with Crippen LogP contribution in [0.15, 0.2) is 4.99 Å². The second-order valence-electron chi connectivity index (χ2n) is 2.36. The van der Waals surface area contributed by atoms with Crippen LogP contribution in [0.25, 0.3) is 0 Å². The summed E-state index contributed by atoms with van der Waals surface area (Å²) in [6, 6.07) is -0.613. The highest BCUT2D eigenvalue weighted by atomic mass is 35.5. The Morgan fingerprint density at radius 3 is 2.64 bits per heavy atom. The number of nitrogens with one attached hydrogen (secondary N) is 2. The van der Waals surface area contributed by atoms with Crippen molar-refractivity contribution in [3.05, 3.63) is 0 Å². The van der Waals surface area contributed by atoms with Crippen molar-refractivity contribution in [2.45, 2.75) is 5.38 Å². The molecular formula is C6H10Cl2N4O2. The third-order valence-corrected chi connectivity index (χ3v) is 1.76. The van der Waals surface area contributed by atoms with Crippen molar-refractivity contribution in [2.24, 2.45) is 10.7 Å². The first-order chi connectivity index (χ1) is 6.15. The van der Waals surface area contributed by atoms with Crippen LogP contribution in [-0.4, -0.2) is 36.2 Å². The molecule has 0 aromatic heterocycles. The lowest BCUT2D eigenvalue weighted by Crippen LogP contribution is -2.56. The summed E-state index contributed by atoms with van der Waals surface area (Å²) in [6.45, 7) is 0.663. The average molecular weight is 241 g/mol. The molecule has 0 aromatic rings. The standard InChI is InChI=1S/C6H9ClN4O2.ClH/c7-3-4(9-2-1-8)10-6(13)11-5(3)12;/h3H,1-2,8H2,(H2,9,10,11,12,13);1H. The number of carbonyl (C=O) groups excluding carboxylic acids is 2. The van der Waals surface area contributed by atoms with Gasteiger partial charge in [-0.2, -0.15) is 0 Å². The molecule has 0 aliphatic carbocycles. The average Bonchev–Trinajstić information content (AvgIpc) is 2.09. The summed E-state index contributed by atoms with van der Waals surface area (Å²) in [5.41, 5.74) is 5.20. The van der Waals surface area contributed by atoms with Crippen LogP contribution in [0.1, 0.15) is 0 Å². The van der Waals surface area contributed by atoms with Crippen LogP contribution < -0.4 is 16.4 Å². The lowest BCUT2D eigenvalue weighted by atomic mass is 10.3. The predicted molar refractivity (Wildman–Crippen MR) is 54.9 cm³/mol. The third-order valence-electron chi connectivity index (χ3n) is 1.36. The maximum atomic E-state index is 11.0. The van der Waals surface area contributed by atoms with E-state index in [1.807, 2.05) is 5.32 Å². The first-order valence-electron chi connectivity index (χ1n) is 3.65. The molecular weight excluding hydrogens is 231 g/mol. The van der Waals surface area contributed by atoms with Crippen LogP contribution in [0.3, 0.4) is 0 Å². The van der Waals surface area contributed by atoms with Crippen LogP contribution in [0.2, 0.25) is 0 Å². The van der Waals surface area contributed by atoms with E-state index in [1.165, 1.54) is 0 Å². The molecule has 1 heterocycles. The summed E-state index contributed by atoms with van der Waals surface area (Å²) in [4.78, 5) is 25.6. The van der Waals surface area contributed by atoms with Crippen molar-refractivity contribution < 1.29 is 9.59 Å². The molecule has 1 aliphatic heterocycles. The Bertz CT molecular complexity index is 269. The number of imide groups is 1. The number of amidine groups is 1. The van der Waals surface area contributed by atoms with Gasteiger partial charge in [0.05, 0.1) is 6.54 Å². The zero-order valence-corrected chi connectivity index (χ0v) is 8.69. The Morgan fingerprint density at radius 2 is 2.07 bits per heavy atom. The van der Waals surface area contributed by atoms with E-state index in [9.17, 15) is 9.59 Å². The fraction of sp³-hybridized carbons (Fsp3) is 0.500. The van der Waals surface area contributed by atoms with Gasteiger partial charge in [0, 0.05) is 6.54 Å². The number of alkyl halides is 1. The van der Waals surface area contributed by atoms with Crippen molar-refractivity contribution in [1.82, 2.24) is 10.6 Å². The summed E-state index contributed by atoms with van der Waals surface area (Å²) >= 11 is 5.64. The minimum absolute atomic E-state index is 0. The summed E-state index contributed by atoms with van der Waals surface area (Å²) in [5, 5.41) is 3.38. The molecule has 1 atom stereocenters. The molecule has 4 N–H and O–H groups in total. The molecule has 0 radical (unpaired) electrons. The molecule has 1 rings (SSSR count). The maximum absolute atomic E-state index is 11.0. The van der Waals surface area contributed by atoms with Gasteiger partial charge in [-0.05, 0) is 0 Å². The summed E-state index contributed by atoms with van der Waals surface area (Å²) in [6.07, 6.45) is 0. The minimum Gasteiger partial charge on any atom is -0.329 e. The van der Waals surface area contributed by atoms with Gasteiger partial charge in [0.25, 0.3) is 5.91 Å². The van der Waals surface area contributed by atoms with Crippen molar-refractivity contribution in [3.8, 4) is 0 Å². The molecule has 14 heavy (non-hydrogen) atoms. The van der Waals surface area contributed by atoms with E-state index in [4.69, 9.17) is 17.3 Å². The first kappa shape index (κ1) is 13.2. The molecule has 1 aliphatic rings. The van der Waals surface area contributed by atoms with Gasteiger partial charge in [-0.1, -0.05) is 0 Å². The highest BCUT2D eigenvalue weighted by Crippen LogP contribution is 2.01. The van der Waals surface area contributed by atoms with Crippen molar-refractivity contribution in [2.75, 3.05) is 13.1 Å². The Morgan fingerprint density at radius 1 is 1.43 bits per heavy atom. The molecule has 1 fully saturated rings. The normalized spacial score (nSPS) is 23.9. The zero-order chi connectivity index (χ0) is 9.84. The number of nitrogens with two attached hydrogens (primary N) is 1. The minimum atomic E-state index is -0.941. The molecule has 0 aromatic carbocycles.